The van der Waals surface area contributed by atoms with Gasteiger partial charge in [0.1, 0.15) is 0 Å². The smallest absolute Gasteiger partial charge is 0.307 e. The molecule has 3 N–H and O–H groups in total. The maximum Gasteiger partial charge on any atom is 0.307 e. The minimum Gasteiger partial charge on any atom is -0.366 e. The van der Waals surface area contributed by atoms with Gasteiger partial charge in [0.2, 0.25) is 11.8 Å². The van der Waals surface area contributed by atoms with Crippen molar-refractivity contribution >= 4 is 28.8 Å². The monoisotopic (exact) mass is 319 g/mol. The highest BCUT2D eigenvalue weighted by Gasteiger charge is 2.11. The van der Waals surface area contributed by atoms with Gasteiger partial charge >= 0.3 is 4.87 Å². The highest BCUT2D eigenvalue weighted by atomic mass is 32.1. The summed E-state index contributed by atoms with van der Waals surface area (Å²) in [4.78, 5) is 34.8. The molecule has 1 heterocycles. The van der Waals surface area contributed by atoms with Gasteiger partial charge in [-0.15, -0.1) is 0 Å². The average Bonchev–Trinajstić information content (AvgIpc) is 2.78. The Morgan fingerprint density at radius 1 is 1.32 bits per heavy atom. The molecule has 0 atom stereocenters. The molecule has 6 nitrogen and oxygen atoms in total. The zero-order valence-corrected chi connectivity index (χ0v) is 13.2. The summed E-state index contributed by atoms with van der Waals surface area (Å²) in [5, 5.41) is 4.51. The largest absolute Gasteiger partial charge is 0.366 e. The number of primary amides is 1. The van der Waals surface area contributed by atoms with E-state index in [-0.39, 0.29) is 17.2 Å². The normalized spacial score (nSPS) is 10.5. The predicted octanol–water partition coefficient (Wildman–Crippen LogP) is 1.65. The number of rotatable bonds is 5. The Hall–Kier alpha value is -2.41. The number of nitrogens with zero attached hydrogens (tertiary/aromatic N) is 1. The second kappa shape index (κ2) is 6.57. The van der Waals surface area contributed by atoms with Crippen LogP contribution in [0.4, 0.5) is 5.69 Å². The van der Waals surface area contributed by atoms with Gasteiger partial charge < -0.3 is 15.6 Å². The fourth-order valence-electron chi connectivity index (χ4n) is 2.14. The van der Waals surface area contributed by atoms with Crippen molar-refractivity contribution in [3.8, 4) is 0 Å². The van der Waals surface area contributed by atoms with Crippen molar-refractivity contribution in [3.63, 3.8) is 0 Å². The summed E-state index contributed by atoms with van der Waals surface area (Å²) in [6.07, 6.45) is 0.178. The molecule has 2 aromatic rings. The first-order valence-electron chi connectivity index (χ1n) is 6.74. The highest BCUT2D eigenvalue weighted by Crippen LogP contribution is 2.18. The molecular formula is C15H17N3O3S. The number of nitrogens with two attached hydrogens (primary N) is 1. The summed E-state index contributed by atoms with van der Waals surface area (Å²) in [5.41, 5.74) is 7.68. The van der Waals surface area contributed by atoms with Gasteiger partial charge in [0.05, 0.1) is 0 Å². The minimum absolute atomic E-state index is 0.0720. The number of aryl methyl sites for hydroxylation is 1. The second-order valence-corrected chi connectivity index (χ2v) is 5.76. The van der Waals surface area contributed by atoms with E-state index < -0.39 is 5.91 Å². The van der Waals surface area contributed by atoms with Gasteiger partial charge in [-0.05, 0) is 31.5 Å². The van der Waals surface area contributed by atoms with E-state index in [0.29, 0.717) is 23.4 Å². The molecule has 0 fully saturated rings. The van der Waals surface area contributed by atoms with Crippen LogP contribution in [0.25, 0.3) is 0 Å². The van der Waals surface area contributed by atoms with Gasteiger partial charge in [-0.3, -0.25) is 14.4 Å². The minimum atomic E-state index is -0.533. The molecule has 0 aliphatic rings. The van der Waals surface area contributed by atoms with Crippen molar-refractivity contribution in [2.75, 3.05) is 5.32 Å². The Labute approximate surface area is 131 Å². The van der Waals surface area contributed by atoms with Crippen LogP contribution in [0.5, 0.6) is 0 Å². The van der Waals surface area contributed by atoms with Crippen molar-refractivity contribution in [3.05, 3.63) is 50.1 Å². The van der Waals surface area contributed by atoms with Crippen molar-refractivity contribution < 1.29 is 9.59 Å². The number of hydrogen-bond acceptors (Lipinski definition) is 4. The van der Waals surface area contributed by atoms with Crippen LogP contribution in [0.3, 0.4) is 0 Å². The number of carbonyl (C=O) groups excluding carboxylic acids is 2. The van der Waals surface area contributed by atoms with Crippen LogP contribution in [-0.4, -0.2) is 16.4 Å². The van der Waals surface area contributed by atoms with Gasteiger partial charge in [-0.25, -0.2) is 0 Å². The van der Waals surface area contributed by atoms with E-state index in [4.69, 9.17) is 5.73 Å². The lowest BCUT2D eigenvalue weighted by Gasteiger charge is -2.11. The van der Waals surface area contributed by atoms with E-state index in [2.05, 4.69) is 5.32 Å². The lowest BCUT2D eigenvalue weighted by atomic mass is 10.1. The first kappa shape index (κ1) is 16.0. The number of thiazole rings is 1. The van der Waals surface area contributed by atoms with Gasteiger partial charge in [0.15, 0.2) is 0 Å². The van der Waals surface area contributed by atoms with Crippen LogP contribution >= 0.6 is 11.3 Å². The molecule has 0 bridgehead atoms. The zero-order chi connectivity index (χ0) is 16.3. The molecule has 2 amide bonds. The van der Waals surface area contributed by atoms with Crippen molar-refractivity contribution in [2.45, 2.75) is 26.8 Å². The molecule has 1 aromatic carbocycles. The first-order chi connectivity index (χ1) is 10.4. The maximum absolute atomic E-state index is 12.0. The van der Waals surface area contributed by atoms with Crippen molar-refractivity contribution in [1.82, 2.24) is 4.57 Å². The van der Waals surface area contributed by atoms with Gasteiger partial charge in [0, 0.05) is 35.3 Å². The number of hydrogen-bond donors (Lipinski definition) is 2. The Morgan fingerprint density at radius 3 is 2.64 bits per heavy atom. The molecule has 0 aliphatic heterocycles. The number of aromatic nitrogens is 1. The van der Waals surface area contributed by atoms with E-state index in [0.717, 1.165) is 17.0 Å². The Balaban J connectivity index is 2.05. The predicted molar refractivity (Wildman–Crippen MR) is 86.3 cm³/mol. The first-order valence-corrected chi connectivity index (χ1v) is 7.62. The Bertz CT molecular complexity index is 777. The third-order valence-corrected chi connectivity index (χ3v) is 4.29. The van der Waals surface area contributed by atoms with E-state index in [1.165, 1.54) is 0 Å². The van der Waals surface area contributed by atoms with Crippen molar-refractivity contribution in [1.29, 1.82) is 0 Å². The summed E-state index contributed by atoms with van der Waals surface area (Å²) in [6, 6.07) is 4.99. The van der Waals surface area contributed by atoms with Crippen LogP contribution < -0.4 is 15.9 Å². The van der Waals surface area contributed by atoms with Crippen LogP contribution in [0.2, 0.25) is 0 Å². The van der Waals surface area contributed by atoms with Crippen LogP contribution in [0.15, 0.2) is 28.4 Å². The van der Waals surface area contributed by atoms with Gasteiger partial charge in [-0.1, -0.05) is 17.4 Å². The summed E-state index contributed by atoms with van der Waals surface area (Å²) in [5.74, 6) is -0.753. The van der Waals surface area contributed by atoms with Gasteiger partial charge in [0.25, 0.3) is 0 Å². The molecule has 7 heteroatoms. The van der Waals surface area contributed by atoms with Crippen LogP contribution in [0.1, 0.15) is 28.0 Å². The van der Waals surface area contributed by atoms with Crippen LogP contribution in [0, 0.1) is 13.8 Å². The fourth-order valence-corrected chi connectivity index (χ4v) is 2.90. The van der Waals surface area contributed by atoms with E-state index in [9.17, 15) is 14.4 Å². The van der Waals surface area contributed by atoms with E-state index in [1.807, 2.05) is 6.92 Å². The number of anilines is 1. The Kier molecular flexibility index (Phi) is 4.77. The standard InChI is InChI=1S/C15H17N3O3S/c1-9-8-22-15(21)18(9)7-6-13(19)17-12-5-3-4-11(10(12)2)14(16)20/h3-5,8H,6-7H2,1-2H3,(H2,16,20)(H,17,19). The molecule has 0 aliphatic carbocycles. The third kappa shape index (κ3) is 3.43. The van der Waals surface area contributed by atoms with Gasteiger partial charge in [-0.2, -0.15) is 0 Å². The molecule has 116 valence electrons. The van der Waals surface area contributed by atoms with Crippen molar-refractivity contribution in [2.24, 2.45) is 5.73 Å². The number of nitrogens with one attached hydrogen (secondary N) is 1. The molecule has 0 radical (unpaired) electrons. The Morgan fingerprint density at radius 2 is 2.05 bits per heavy atom. The molecule has 0 saturated heterocycles. The van der Waals surface area contributed by atoms with Crippen LogP contribution in [-0.2, 0) is 11.3 Å². The third-order valence-electron chi connectivity index (χ3n) is 3.41. The average molecular weight is 319 g/mol. The SMILES string of the molecule is Cc1c(NC(=O)CCn2c(C)csc2=O)cccc1C(N)=O. The molecule has 0 saturated carbocycles. The summed E-state index contributed by atoms with van der Waals surface area (Å²) in [6.45, 7) is 3.88. The summed E-state index contributed by atoms with van der Waals surface area (Å²) >= 11 is 1.12. The quantitative estimate of drug-likeness (QED) is 0.877. The number of carbonyl (C=O) groups is 2. The highest BCUT2D eigenvalue weighted by molar-refractivity contribution is 7.07. The summed E-state index contributed by atoms with van der Waals surface area (Å²) < 4.78 is 1.57. The lowest BCUT2D eigenvalue weighted by molar-refractivity contribution is -0.116. The number of amides is 2. The molecule has 2 rings (SSSR count). The van der Waals surface area contributed by atoms with E-state index in [1.54, 1.807) is 35.1 Å². The second-order valence-electron chi connectivity index (χ2n) is 4.94. The summed E-state index contributed by atoms with van der Waals surface area (Å²) in [7, 11) is 0. The van der Waals surface area contributed by atoms with E-state index >= 15 is 0 Å². The lowest BCUT2D eigenvalue weighted by Crippen LogP contribution is -2.21. The number of benzene rings is 1. The fraction of sp³-hybridized carbons (Fsp3) is 0.267. The molecular weight excluding hydrogens is 302 g/mol. The topological polar surface area (TPSA) is 94.2 Å². The molecule has 0 unspecified atom stereocenters. The zero-order valence-electron chi connectivity index (χ0n) is 12.4. The molecule has 22 heavy (non-hydrogen) atoms. The molecule has 0 spiro atoms. The molecule has 1 aromatic heterocycles. The maximum atomic E-state index is 12.0.